The summed E-state index contributed by atoms with van der Waals surface area (Å²) in [5.74, 6) is -0.747. The molecule has 0 fully saturated rings. The van der Waals surface area contributed by atoms with Gasteiger partial charge in [-0.25, -0.2) is 17.6 Å². The second-order valence-corrected chi connectivity index (χ2v) is 7.64. The zero-order valence-corrected chi connectivity index (χ0v) is 14.2. The fraction of sp³-hybridized carbons (Fsp3) is 0.0667. The van der Waals surface area contributed by atoms with Crippen molar-refractivity contribution in [1.29, 1.82) is 0 Å². The number of halogens is 2. The highest BCUT2D eigenvalue weighted by Gasteiger charge is 2.25. The summed E-state index contributed by atoms with van der Waals surface area (Å²) in [6, 6.07) is 5.48. The van der Waals surface area contributed by atoms with Crippen LogP contribution in [0.25, 0.3) is 10.9 Å². The Kier molecular flexibility index (Phi) is 3.92. The Morgan fingerprint density at radius 2 is 1.88 bits per heavy atom. The Labute approximate surface area is 144 Å². The first-order valence-electron chi connectivity index (χ1n) is 6.82. The van der Waals surface area contributed by atoms with Gasteiger partial charge >= 0.3 is 5.69 Å². The third kappa shape index (κ3) is 2.71. The molecule has 7 nitrogen and oxygen atoms in total. The predicted octanol–water partition coefficient (Wildman–Crippen LogP) is 1.86. The van der Waals surface area contributed by atoms with Crippen molar-refractivity contribution in [3.8, 4) is 0 Å². The van der Waals surface area contributed by atoms with Gasteiger partial charge in [-0.05, 0) is 42.8 Å². The van der Waals surface area contributed by atoms with Gasteiger partial charge in [0.1, 0.15) is 5.82 Å². The van der Waals surface area contributed by atoms with E-state index >= 15 is 0 Å². The molecular weight excluding hydrogens is 375 g/mol. The standard InChI is InChI=1S/C15H10ClFN2O5S/c1-7-4-8(17)6-9(5-7)25(23,24)11-3-2-10(16)12-13(11)18-15(21)19(22)14(12)20/h2-6,22H,1H3,(H,18,21). The van der Waals surface area contributed by atoms with Crippen molar-refractivity contribution in [2.75, 3.05) is 0 Å². The molecule has 0 atom stereocenters. The lowest BCUT2D eigenvalue weighted by molar-refractivity contribution is 0.162. The molecule has 0 aliphatic carbocycles. The van der Waals surface area contributed by atoms with E-state index in [0.29, 0.717) is 5.56 Å². The van der Waals surface area contributed by atoms with Crippen LogP contribution in [0.3, 0.4) is 0 Å². The fourth-order valence-corrected chi connectivity index (χ4v) is 4.23. The Morgan fingerprint density at radius 1 is 1.20 bits per heavy atom. The molecule has 0 amide bonds. The number of hydrogen-bond donors (Lipinski definition) is 2. The lowest BCUT2D eigenvalue weighted by atomic mass is 10.2. The van der Waals surface area contributed by atoms with Crippen LogP contribution in [0.5, 0.6) is 0 Å². The largest absolute Gasteiger partial charge is 0.421 e. The molecule has 1 heterocycles. The van der Waals surface area contributed by atoms with Gasteiger partial charge in [0.25, 0.3) is 5.56 Å². The molecule has 0 radical (unpaired) electrons. The first kappa shape index (κ1) is 17.2. The smallest absolute Gasteiger partial charge is 0.362 e. The zero-order valence-electron chi connectivity index (χ0n) is 12.6. The van der Waals surface area contributed by atoms with Crippen LogP contribution in [0.2, 0.25) is 5.02 Å². The normalized spacial score (nSPS) is 11.8. The molecule has 25 heavy (non-hydrogen) atoms. The molecule has 0 aliphatic rings. The highest BCUT2D eigenvalue weighted by atomic mass is 35.5. The average molecular weight is 385 g/mol. The minimum atomic E-state index is -4.27. The summed E-state index contributed by atoms with van der Waals surface area (Å²) in [5.41, 5.74) is -2.39. The van der Waals surface area contributed by atoms with Crippen molar-refractivity contribution >= 4 is 32.3 Å². The van der Waals surface area contributed by atoms with E-state index in [9.17, 15) is 27.6 Å². The quantitative estimate of drug-likeness (QED) is 0.655. The molecule has 130 valence electrons. The van der Waals surface area contributed by atoms with Crippen LogP contribution < -0.4 is 11.2 Å². The van der Waals surface area contributed by atoms with E-state index in [-0.39, 0.29) is 25.6 Å². The molecule has 0 unspecified atom stereocenters. The number of H-pyrrole nitrogens is 1. The van der Waals surface area contributed by atoms with Gasteiger partial charge in [0.2, 0.25) is 9.84 Å². The number of hydrogen-bond acceptors (Lipinski definition) is 5. The van der Waals surface area contributed by atoms with Crippen LogP contribution >= 0.6 is 11.6 Å². The first-order chi connectivity index (χ1) is 11.6. The number of aromatic amines is 1. The van der Waals surface area contributed by atoms with E-state index in [4.69, 9.17) is 11.6 Å². The zero-order chi connectivity index (χ0) is 18.5. The Morgan fingerprint density at radius 3 is 2.52 bits per heavy atom. The van der Waals surface area contributed by atoms with Crippen LogP contribution in [0, 0.1) is 12.7 Å². The number of sulfone groups is 1. The summed E-state index contributed by atoms with van der Waals surface area (Å²) >= 11 is 5.90. The Hall–Kier alpha value is -2.65. The van der Waals surface area contributed by atoms with Crippen LogP contribution in [-0.2, 0) is 9.84 Å². The van der Waals surface area contributed by atoms with E-state index in [1.807, 2.05) is 0 Å². The number of rotatable bonds is 2. The summed E-state index contributed by atoms with van der Waals surface area (Å²) in [7, 11) is -4.27. The summed E-state index contributed by atoms with van der Waals surface area (Å²) in [6.45, 7) is 1.52. The summed E-state index contributed by atoms with van der Waals surface area (Å²) < 4.78 is 39.1. The first-order valence-corrected chi connectivity index (χ1v) is 8.68. The van der Waals surface area contributed by atoms with E-state index in [1.54, 1.807) is 0 Å². The van der Waals surface area contributed by atoms with E-state index in [1.165, 1.54) is 13.0 Å². The maximum absolute atomic E-state index is 13.6. The van der Waals surface area contributed by atoms with Gasteiger partial charge in [-0.15, -0.1) is 0 Å². The summed E-state index contributed by atoms with van der Waals surface area (Å²) in [6.07, 6.45) is 0. The van der Waals surface area contributed by atoms with E-state index in [0.717, 1.165) is 24.3 Å². The lowest BCUT2D eigenvalue weighted by Gasteiger charge is -2.10. The van der Waals surface area contributed by atoms with Gasteiger partial charge in [-0.2, -0.15) is 0 Å². The summed E-state index contributed by atoms with van der Waals surface area (Å²) in [5, 5.41) is 8.88. The molecule has 2 N–H and O–H groups in total. The molecule has 0 spiro atoms. The second-order valence-electron chi connectivity index (χ2n) is 5.31. The van der Waals surface area contributed by atoms with Crippen molar-refractivity contribution in [2.45, 2.75) is 16.7 Å². The average Bonchev–Trinajstić information content (AvgIpc) is 2.51. The molecule has 1 aromatic heterocycles. The number of benzene rings is 2. The number of fused-ring (bicyclic) bond motifs is 1. The molecule has 0 bridgehead atoms. The fourth-order valence-electron chi connectivity index (χ4n) is 2.46. The van der Waals surface area contributed by atoms with Crippen LogP contribution in [0.4, 0.5) is 4.39 Å². The van der Waals surface area contributed by atoms with Gasteiger partial charge in [0.05, 0.1) is 25.7 Å². The highest BCUT2D eigenvalue weighted by molar-refractivity contribution is 7.91. The van der Waals surface area contributed by atoms with Crippen LogP contribution in [0.15, 0.2) is 49.7 Å². The van der Waals surface area contributed by atoms with Crippen LogP contribution in [-0.4, -0.2) is 23.3 Å². The van der Waals surface area contributed by atoms with Gasteiger partial charge in [0.15, 0.2) is 0 Å². The third-order valence-corrected chi connectivity index (χ3v) is 5.65. The molecule has 3 rings (SSSR count). The van der Waals surface area contributed by atoms with E-state index < -0.39 is 31.8 Å². The van der Waals surface area contributed by atoms with Gasteiger partial charge in [-0.1, -0.05) is 16.3 Å². The Balaban J connectivity index is 2.46. The number of nitrogens with one attached hydrogen (secondary N) is 1. The maximum atomic E-state index is 13.6. The van der Waals surface area contributed by atoms with E-state index in [2.05, 4.69) is 4.98 Å². The van der Waals surface area contributed by atoms with Crippen molar-refractivity contribution in [2.24, 2.45) is 0 Å². The molecule has 0 aliphatic heterocycles. The maximum Gasteiger partial charge on any atom is 0.362 e. The SMILES string of the molecule is Cc1cc(F)cc(S(=O)(=O)c2ccc(Cl)c3c(=O)n(O)c(=O)[nH]c23)c1. The highest BCUT2D eigenvalue weighted by Crippen LogP contribution is 2.29. The number of nitrogens with zero attached hydrogens (tertiary/aromatic N) is 1. The number of aromatic nitrogens is 2. The lowest BCUT2D eigenvalue weighted by Crippen LogP contribution is -2.33. The second kappa shape index (κ2) is 5.71. The molecule has 0 saturated heterocycles. The van der Waals surface area contributed by atoms with Gasteiger partial charge in [0, 0.05) is 0 Å². The summed E-state index contributed by atoms with van der Waals surface area (Å²) in [4.78, 5) is 25.0. The molecule has 3 aromatic rings. The van der Waals surface area contributed by atoms with Gasteiger partial charge in [-0.3, -0.25) is 4.79 Å². The minimum Gasteiger partial charge on any atom is -0.421 e. The van der Waals surface area contributed by atoms with Crippen molar-refractivity contribution in [3.63, 3.8) is 0 Å². The van der Waals surface area contributed by atoms with Crippen molar-refractivity contribution in [1.82, 2.24) is 9.71 Å². The van der Waals surface area contributed by atoms with Crippen molar-refractivity contribution < 1.29 is 18.0 Å². The van der Waals surface area contributed by atoms with Crippen LogP contribution in [0.1, 0.15) is 5.56 Å². The molecule has 10 heteroatoms. The van der Waals surface area contributed by atoms with Gasteiger partial charge < -0.3 is 10.2 Å². The number of aryl methyl sites for hydroxylation is 1. The topological polar surface area (TPSA) is 109 Å². The predicted molar refractivity (Wildman–Crippen MR) is 87.6 cm³/mol. The molecular formula is C15H10ClFN2O5S. The third-order valence-electron chi connectivity index (χ3n) is 3.56. The minimum absolute atomic E-state index is 0.159. The monoisotopic (exact) mass is 384 g/mol. The molecule has 0 saturated carbocycles. The van der Waals surface area contributed by atoms with Crippen molar-refractivity contribution in [3.05, 3.63) is 67.6 Å². The molecule has 2 aromatic carbocycles. The Bertz CT molecular complexity index is 1230.